The molecule has 0 aromatic carbocycles. The molecule has 0 fully saturated rings. The van der Waals surface area contributed by atoms with E-state index in [0.29, 0.717) is 18.9 Å². The largest absolute Gasteiger partial charge is 0.481 e. The van der Waals surface area contributed by atoms with Gasteiger partial charge in [0.15, 0.2) is 0 Å². The number of nitrogens with zero attached hydrogens (tertiary/aromatic N) is 2. The molecule has 76 valence electrons. The predicted octanol–water partition coefficient (Wildman–Crippen LogP) is 0.999. The topological polar surface area (TPSA) is 75.1 Å². The number of aliphatic carboxylic acids is 1. The van der Waals surface area contributed by atoms with Crippen LogP contribution in [0.25, 0.3) is 0 Å². The van der Waals surface area contributed by atoms with Crippen molar-refractivity contribution in [3.63, 3.8) is 0 Å². The Balaban J connectivity index is 2.44. The molecule has 5 nitrogen and oxygen atoms in total. The second-order valence-electron chi connectivity index (χ2n) is 2.90. The van der Waals surface area contributed by atoms with Gasteiger partial charge in [0.2, 0.25) is 5.95 Å². The van der Waals surface area contributed by atoms with Gasteiger partial charge in [-0.1, -0.05) is 6.92 Å². The van der Waals surface area contributed by atoms with Crippen LogP contribution in [0.1, 0.15) is 13.3 Å². The van der Waals surface area contributed by atoms with E-state index < -0.39 is 5.97 Å². The highest BCUT2D eigenvalue weighted by Crippen LogP contribution is 2.03. The Morgan fingerprint density at radius 1 is 1.57 bits per heavy atom. The molecule has 0 bridgehead atoms. The smallest absolute Gasteiger partial charge is 0.308 e. The molecule has 1 rings (SSSR count). The molecule has 1 heterocycles. The van der Waals surface area contributed by atoms with Gasteiger partial charge in [-0.3, -0.25) is 4.79 Å². The van der Waals surface area contributed by atoms with Gasteiger partial charge in [0.25, 0.3) is 0 Å². The average molecular weight is 195 g/mol. The fourth-order valence-corrected chi connectivity index (χ4v) is 1.01. The zero-order chi connectivity index (χ0) is 10.4. The average Bonchev–Trinajstić information content (AvgIpc) is 2.20. The molecule has 1 unspecified atom stereocenters. The number of anilines is 1. The minimum absolute atomic E-state index is 0.357. The number of hydrogen-bond acceptors (Lipinski definition) is 4. The maximum Gasteiger partial charge on any atom is 0.308 e. The summed E-state index contributed by atoms with van der Waals surface area (Å²) in [5.41, 5.74) is 0. The Bertz CT molecular complexity index is 289. The Morgan fingerprint density at radius 3 is 2.71 bits per heavy atom. The molecule has 1 atom stereocenters. The van der Waals surface area contributed by atoms with Crippen molar-refractivity contribution < 1.29 is 9.90 Å². The van der Waals surface area contributed by atoms with E-state index in [1.54, 1.807) is 18.5 Å². The summed E-state index contributed by atoms with van der Waals surface area (Å²) < 4.78 is 0. The molecule has 0 saturated carbocycles. The van der Waals surface area contributed by atoms with E-state index in [4.69, 9.17) is 5.11 Å². The first kappa shape index (κ1) is 10.4. The van der Waals surface area contributed by atoms with Crippen molar-refractivity contribution in [3.05, 3.63) is 18.5 Å². The second-order valence-corrected chi connectivity index (χ2v) is 2.90. The zero-order valence-corrected chi connectivity index (χ0v) is 7.97. The summed E-state index contributed by atoms with van der Waals surface area (Å²) in [4.78, 5) is 18.5. The lowest BCUT2D eigenvalue weighted by atomic mass is 10.1. The van der Waals surface area contributed by atoms with E-state index in [1.807, 2.05) is 6.92 Å². The highest BCUT2D eigenvalue weighted by molar-refractivity contribution is 5.70. The maximum atomic E-state index is 10.7. The number of rotatable bonds is 5. The third kappa shape index (κ3) is 3.01. The SMILES string of the molecule is CCC(CNc1ncccn1)C(=O)O. The van der Waals surface area contributed by atoms with Crippen molar-refractivity contribution in [2.45, 2.75) is 13.3 Å². The normalized spacial score (nSPS) is 12.1. The first-order valence-electron chi connectivity index (χ1n) is 4.47. The van der Waals surface area contributed by atoms with Crippen LogP contribution >= 0.6 is 0 Å². The van der Waals surface area contributed by atoms with Gasteiger partial charge >= 0.3 is 5.97 Å². The summed E-state index contributed by atoms with van der Waals surface area (Å²) in [5, 5.41) is 11.6. The Labute approximate surface area is 82.2 Å². The fourth-order valence-electron chi connectivity index (χ4n) is 1.01. The molecule has 1 aromatic heterocycles. The van der Waals surface area contributed by atoms with Crippen molar-refractivity contribution in [2.75, 3.05) is 11.9 Å². The van der Waals surface area contributed by atoms with E-state index in [9.17, 15) is 4.79 Å². The lowest BCUT2D eigenvalue weighted by Gasteiger charge is -2.10. The molecule has 0 aliphatic rings. The van der Waals surface area contributed by atoms with Crippen LogP contribution in [0.3, 0.4) is 0 Å². The molecule has 0 spiro atoms. The molecule has 1 aromatic rings. The molecule has 0 aliphatic heterocycles. The molecular weight excluding hydrogens is 182 g/mol. The summed E-state index contributed by atoms with van der Waals surface area (Å²) in [6.07, 6.45) is 3.81. The molecule has 0 aliphatic carbocycles. The molecule has 0 amide bonds. The van der Waals surface area contributed by atoms with Crippen molar-refractivity contribution in [1.82, 2.24) is 9.97 Å². The van der Waals surface area contributed by atoms with Gasteiger partial charge in [-0.2, -0.15) is 0 Å². The van der Waals surface area contributed by atoms with Gasteiger partial charge in [0.05, 0.1) is 5.92 Å². The number of aromatic nitrogens is 2. The monoisotopic (exact) mass is 195 g/mol. The van der Waals surface area contributed by atoms with Gasteiger partial charge in [-0.05, 0) is 12.5 Å². The number of carboxylic acid groups (broad SMARTS) is 1. The summed E-state index contributed by atoms with van der Waals surface area (Å²) in [5.74, 6) is -0.720. The Morgan fingerprint density at radius 2 is 2.21 bits per heavy atom. The summed E-state index contributed by atoms with van der Waals surface area (Å²) in [7, 11) is 0. The summed E-state index contributed by atoms with van der Waals surface area (Å²) in [6, 6.07) is 1.71. The van der Waals surface area contributed by atoms with Crippen molar-refractivity contribution >= 4 is 11.9 Å². The lowest BCUT2D eigenvalue weighted by Crippen LogP contribution is -2.22. The van der Waals surface area contributed by atoms with Crippen LogP contribution in [0, 0.1) is 5.92 Å². The van der Waals surface area contributed by atoms with Crippen LogP contribution in [0.15, 0.2) is 18.5 Å². The Hall–Kier alpha value is -1.65. The molecule has 0 saturated heterocycles. The summed E-state index contributed by atoms with van der Waals surface area (Å²) in [6.45, 7) is 2.20. The van der Waals surface area contributed by atoms with Crippen LogP contribution in [0.5, 0.6) is 0 Å². The molecule has 2 N–H and O–H groups in total. The van der Waals surface area contributed by atoms with Gasteiger partial charge in [-0.25, -0.2) is 9.97 Å². The number of carboxylic acids is 1. The quantitative estimate of drug-likeness (QED) is 0.733. The fraction of sp³-hybridized carbons (Fsp3) is 0.444. The first-order chi connectivity index (χ1) is 6.74. The predicted molar refractivity (Wildman–Crippen MR) is 51.9 cm³/mol. The van der Waals surface area contributed by atoms with Gasteiger partial charge < -0.3 is 10.4 Å². The van der Waals surface area contributed by atoms with Crippen LogP contribution in [0.4, 0.5) is 5.95 Å². The summed E-state index contributed by atoms with van der Waals surface area (Å²) >= 11 is 0. The third-order valence-corrected chi connectivity index (χ3v) is 1.91. The second kappa shape index (κ2) is 5.16. The molecule has 14 heavy (non-hydrogen) atoms. The van der Waals surface area contributed by atoms with Crippen LogP contribution in [0.2, 0.25) is 0 Å². The van der Waals surface area contributed by atoms with Crippen molar-refractivity contribution in [1.29, 1.82) is 0 Å². The maximum absolute atomic E-state index is 10.7. The van der Waals surface area contributed by atoms with E-state index in [1.165, 1.54) is 0 Å². The number of hydrogen-bond donors (Lipinski definition) is 2. The van der Waals surface area contributed by atoms with Crippen LogP contribution in [-0.2, 0) is 4.79 Å². The van der Waals surface area contributed by atoms with E-state index in [0.717, 1.165) is 0 Å². The van der Waals surface area contributed by atoms with E-state index >= 15 is 0 Å². The highest BCUT2D eigenvalue weighted by atomic mass is 16.4. The van der Waals surface area contributed by atoms with E-state index in [-0.39, 0.29) is 5.92 Å². The minimum atomic E-state index is -0.795. The van der Waals surface area contributed by atoms with Crippen LogP contribution in [-0.4, -0.2) is 27.6 Å². The van der Waals surface area contributed by atoms with Gasteiger partial charge in [0.1, 0.15) is 0 Å². The molecule has 5 heteroatoms. The standard InChI is InChI=1S/C9H13N3O2/c1-2-7(8(13)14)6-12-9-10-4-3-5-11-9/h3-5,7H,2,6H2,1H3,(H,13,14)(H,10,11,12). The lowest BCUT2D eigenvalue weighted by molar-refractivity contribution is -0.141. The Kier molecular flexibility index (Phi) is 3.84. The van der Waals surface area contributed by atoms with Gasteiger partial charge in [0, 0.05) is 18.9 Å². The molecular formula is C9H13N3O2. The van der Waals surface area contributed by atoms with E-state index in [2.05, 4.69) is 15.3 Å². The minimum Gasteiger partial charge on any atom is -0.481 e. The third-order valence-electron chi connectivity index (χ3n) is 1.91. The van der Waals surface area contributed by atoms with Gasteiger partial charge in [-0.15, -0.1) is 0 Å². The van der Waals surface area contributed by atoms with Crippen molar-refractivity contribution in [2.24, 2.45) is 5.92 Å². The highest BCUT2D eigenvalue weighted by Gasteiger charge is 2.14. The number of nitrogens with one attached hydrogen (secondary N) is 1. The number of carbonyl (C=O) groups is 1. The van der Waals surface area contributed by atoms with Crippen LogP contribution < -0.4 is 5.32 Å². The zero-order valence-electron chi connectivity index (χ0n) is 7.97. The first-order valence-corrected chi connectivity index (χ1v) is 4.47. The molecule has 0 radical (unpaired) electrons. The van der Waals surface area contributed by atoms with Crippen molar-refractivity contribution in [3.8, 4) is 0 Å².